The quantitative estimate of drug-likeness (QED) is 0.834. The third-order valence-corrected chi connectivity index (χ3v) is 5.38. The molecule has 0 aliphatic heterocycles. The van der Waals surface area contributed by atoms with Crippen LogP contribution < -0.4 is 0 Å². The fraction of sp³-hybridized carbons (Fsp3) is 0.273. The largest absolute Gasteiger partial charge is 0.239 e. The molecular weight excluding hydrogens is 304 g/mol. The van der Waals surface area contributed by atoms with Gasteiger partial charge < -0.3 is 0 Å². The first-order chi connectivity index (χ1) is 7.73. The summed E-state index contributed by atoms with van der Waals surface area (Å²) in [5, 5.41) is 12.2. The summed E-state index contributed by atoms with van der Waals surface area (Å²) in [6, 6.07) is 6.46. The van der Waals surface area contributed by atoms with Crippen LogP contribution in [0.2, 0.25) is 0 Å². The lowest BCUT2D eigenvalue weighted by Crippen LogP contribution is -2.02. The van der Waals surface area contributed by atoms with E-state index in [1.54, 1.807) is 22.7 Å². The third-order valence-electron chi connectivity index (χ3n) is 2.74. The highest BCUT2D eigenvalue weighted by Crippen LogP contribution is 2.48. The fourth-order valence-corrected chi connectivity index (χ4v) is 3.96. The average Bonchev–Trinajstić information content (AvgIpc) is 2.74. The van der Waals surface area contributed by atoms with Crippen molar-refractivity contribution in [2.45, 2.75) is 18.3 Å². The molecule has 2 aromatic rings. The Morgan fingerprint density at radius 2 is 2.25 bits per heavy atom. The highest BCUT2D eigenvalue weighted by molar-refractivity contribution is 9.11. The average molecular weight is 311 g/mol. The van der Waals surface area contributed by atoms with Crippen LogP contribution in [0, 0.1) is 11.3 Å². The Hall–Kier alpha value is -0.700. The van der Waals surface area contributed by atoms with Gasteiger partial charge >= 0.3 is 0 Å². The Morgan fingerprint density at radius 3 is 2.81 bits per heavy atom. The first-order valence-electron chi connectivity index (χ1n) is 4.86. The minimum Gasteiger partial charge on any atom is -0.239 e. The summed E-state index contributed by atoms with van der Waals surface area (Å²) >= 11 is 6.74. The van der Waals surface area contributed by atoms with Gasteiger partial charge in [-0.3, -0.25) is 0 Å². The molecule has 0 N–H and O–H groups in total. The molecular formula is C11H7BrN2S2. The zero-order chi connectivity index (χ0) is 11.2. The smallest absolute Gasteiger partial charge is 0.133 e. The van der Waals surface area contributed by atoms with Gasteiger partial charge in [-0.25, -0.2) is 4.98 Å². The van der Waals surface area contributed by atoms with Gasteiger partial charge in [-0.15, -0.1) is 22.7 Å². The molecule has 1 fully saturated rings. The van der Waals surface area contributed by atoms with Crippen LogP contribution in [0.3, 0.4) is 0 Å². The van der Waals surface area contributed by atoms with E-state index in [1.165, 1.54) is 0 Å². The second kappa shape index (κ2) is 3.66. The normalized spacial score (nSPS) is 17.0. The molecule has 2 heterocycles. The number of rotatable bonds is 2. The van der Waals surface area contributed by atoms with E-state index in [2.05, 4.69) is 33.0 Å². The molecule has 5 heteroatoms. The van der Waals surface area contributed by atoms with E-state index < -0.39 is 0 Å². The predicted molar refractivity (Wildman–Crippen MR) is 69.7 cm³/mol. The lowest BCUT2D eigenvalue weighted by Gasteiger charge is -1.97. The van der Waals surface area contributed by atoms with E-state index >= 15 is 0 Å². The maximum absolute atomic E-state index is 9.10. The molecule has 1 saturated carbocycles. The molecule has 0 unspecified atom stereocenters. The molecule has 16 heavy (non-hydrogen) atoms. The standard InChI is InChI=1S/C11H7BrN2S2/c12-9-2-1-7(16-9)10-14-8(5-15-10)11(6-13)3-4-11/h1-2,5H,3-4H2. The maximum atomic E-state index is 9.10. The number of nitrogens with zero attached hydrogens (tertiary/aromatic N) is 2. The van der Waals surface area contributed by atoms with Gasteiger partial charge in [0.05, 0.1) is 20.4 Å². The van der Waals surface area contributed by atoms with E-state index in [1.807, 2.05) is 11.4 Å². The summed E-state index contributed by atoms with van der Waals surface area (Å²) < 4.78 is 1.11. The van der Waals surface area contributed by atoms with Crippen LogP contribution in [0.1, 0.15) is 18.5 Å². The Kier molecular flexibility index (Phi) is 2.39. The predicted octanol–water partition coefficient (Wildman–Crippen LogP) is 4.19. The van der Waals surface area contributed by atoms with Crippen LogP contribution in [0.5, 0.6) is 0 Å². The minimum atomic E-state index is -0.261. The topological polar surface area (TPSA) is 36.7 Å². The van der Waals surface area contributed by atoms with E-state index in [-0.39, 0.29) is 5.41 Å². The molecule has 0 atom stereocenters. The molecule has 1 aliphatic carbocycles. The van der Waals surface area contributed by atoms with Crippen LogP contribution in [-0.4, -0.2) is 4.98 Å². The number of hydrogen-bond donors (Lipinski definition) is 0. The Bertz CT molecular complexity index is 575. The fourth-order valence-electron chi connectivity index (χ4n) is 1.59. The first-order valence-corrected chi connectivity index (χ1v) is 7.35. The van der Waals surface area contributed by atoms with Gasteiger partial charge in [0.15, 0.2) is 0 Å². The van der Waals surface area contributed by atoms with Crippen LogP contribution >= 0.6 is 38.6 Å². The second-order valence-corrected chi connectivity index (χ2v) is 7.16. The maximum Gasteiger partial charge on any atom is 0.133 e. The Balaban J connectivity index is 1.97. The van der Waals surface area contributed by atoms with Crippen molar-refractivity contribution in [1.29, 1.82) is 5.26 Å². The van der Waals surface area contributed by atoms with Crippen molar-refractivity contribution in [2.75, 3.05) is 0 Å². The molecule has 2 nitrogen and oxygen atoms in total. The van der Waals surface area contributed by atoms with Gasteiger partial charge in [-0.2, -0.15) is 5.26 Å². The van der Waals surface area contributed by atoms with Crippen LogP contribution in [0.15, 0.2) is 21.3 Å². The van der Waals surface area contributed by atoms with Gasteiger partial charge in [0.2, 0.25) is 0 Å². The lowest BCUT2D eigenvalue weighted by atomic mass is 10.1. The van der Waals surface area contributed by atoms with Crippen molar-refractivity contribution in [3.05, 3.63) is 27.0 Å². The summed E-state index contributed by atoms with van der Waals surface area (Å²) in [6.07, 6.45) is 1.92. The van der Waals surface area contributed by atoms with Crippen molar-refractivity contribution in [2.24, 2.45) is 0 Å². The van der Waals surface area contributed by atoms with Crippen LogP contribution in [0.4, 0.5) is 0 Å². The van der Waals surface area contributed by atoms with E-state index in [0.29, 0.717) is 0 Å². The molecule has 0 saturated heterocycles. The van der Waals surface area contributed by atoms with E-state index in [9.17, 15) is 0 Å². The molecule has 0 spiro atoms. The molecule has 0 aromatic carbocycles. The number of hydrogen-bond acceptors (Lipinski definition) is 4. The van der Waals surface area contributed by atoms with Crippen molar-refractivity contribution < 1.29 is 0 Å². The Morgan fingerprint density at radius 1 is 1.44 bits per heavy atom. The Labute approximate surface area is 110 Å². The summed E-state index contributed by atoms with van der Waals surface area (Å²) in [5.41, 5.74) is 0.697. The molecule has 3 rings (SSSR count). The molecule has 0 bridgehead atoms. The number of nitriles is 1. The zero-order valence-electron chi connectivity index (χ0n) is 8.24. The van der Waals surface area contributed by atoms with Crippen molar-refractivity contribution in [3.63, 3.8) is 0 Å². The van der Waals surface area contributed by atoms with Crippen molar-refractivity contribution in [3.8, 4) is 16.0 Å². The van der Waals surface area contributed by atoms with Crippen molar-refractivity contribution in [1.82, 2.24) is 4.98 Å². The summed E-state index contributed by atoms with van der Waals surface area (Å²) in [6.45, 7) is 0. The van der Waals surface area contributed by atoms with Gasteiger partial charge in [0.25, 0.3) is 0 Å². The van der Waals surface area contributed by atoms with Crippen LogP contribution in [-0.2, 0) is 5.41 Å². The van der Waals surface area contributed by atoms with E-state index in [4.69, 9.17) is 5.26 Å². The molecule has 0 radical (unpaired) electrons. The monoisotopic (exact) mass is 310 g/mol. The van der Waals surface area contributed by atoms with Gasteiger partial charge in [-0.05, 0) is 40.9 Å². The summed E-state index contributed by atoms with van der Waals surface area (Å²) in [5.74, 6) is 0. The number of thiophene rings is 1. The third kappa shape index (κ3) is 1.61. The summed E-state index contributed by atoms with van der Waals surface area (Å²) in [7, 11) is 0. The number of thiazole rings is 1. The number of aromatic nitrogens is 1. The lowest BCUT2D eigenvalue weighted by molar-refractivity contribution is 0.869. The van der Waals surface area contributed by atoms with E-state index in [0.717, 1.165) is 32.2 Å². The SMILES string of the molecule is N#CC1(c2csc(-c3ccc(Br)s3)n2)CC1. The summed E-state index contributed by atoms with van der Waals surface area (Å²) in [4.78, 5) is 5.75. The molecule has 1 aliphatic rings. The van der Waals surface area contributed by atoms with Crippen LogP contribution in [0.25, 0.3) is 9.88 Å². The van der Waals surface area contributed by atoms with Crippen molar-refractivity contribution >= 4 is 38.6 Å². The first kappa shape index (κ1) is 10.5. The molecule has 0 amide bonds. The van der Waals surface area contributed by atoms with Gasteiger partial charge in [0, 0.05) is 5.38 Å². The van der Waals surface area contributed by atoms with Gasteiger partial charge in [-0.1, -0.05) is 0 Å². The highest BCUT2D eigenvalue weighted by atomic mass is 79.9. The second-order valence-electron chi connectivity index (χ2n) is 3.84. The zero-order valence-corrected chi connectivity index (χ0v) is 11.5. The minimum absolute atomic E-state index is 0.261. The number of halogens is 1. The molecule has 80 valence electrons. The van der Waals surface area contributed by atoms with Gasteiger partial charge in [0.1, 0.15) is 10.4 Å². The molecule has 2 aromatic heterocycles. The highest BCUT2D eigenvalue weighted by Gasteiger charge is 2.47.